The summed E-state index contributed by atoms with van der Waals surface area (Å²) in [6.45, 7) is 5.36. The van der Waals surface area contributed by atoms with E-state index >= 15 is 0 Å². The van der Waals surface area contributed by atoms with Gasteiger partial charge in [-0.2, -0.15) is 0 Å². The van der Waals surface area contributed by atoms with Gasteiger partial charge in [-0.3, -0.25) is 9.59 Å². The van der Waals surface area contributed by atoms with Crippen LogP contribution in [0.1, 0.15) is 37.6 Å². The molecule has 1 amide bonds. The summed E-state index contributed by atoms with van der Waals surface area (Å²) in [4.78, 5) is 22.3. The highest BCUT2D eigenvalue weighted by atomic mass is 19.1. The molecule has 5 nitrogen and oxygen atoms in total. The lowest BCUT2D eigenvalue weighted by atomic mass is 10.2. The molecular weight excluding hydrogens is 265 g/mol. The SMILES string of the molecule is CC(C)(C)OC(=O)CCOc1ccc(C(N)=O)c(F)c1. The third-order valence-electron chi connectivity index (χ3n) is 2.20. The summed E-state index contributed by atoms with van der Waals surface area (Å²) in [7, 11) is 0. The molecule has 1 aromatic carbocycles. The third-order valence-corrected chi connectivity index (χ3v) is 2.20. The zero-order valence-electron chi connectivity index (χ0n) is 11.7. The molecule has 0 aliphatic heterocycles. The van der Waals surface area contributed by atoms with Gasteiger partial charge in [0.25, 0.3) is 5.91 Å². The van der Waals surface area contributed by atoms with Gasteiger partial charge in [-0.1, -0.05) is 0 Å². The number of hydrogen-bond donors (Lipinski definition) is 1. The minimum absolute atomic E-state index is 0.0520. The zero-order valence-corrected chi connectivity index (χ0v) is 11.7. The van der Waals surface area contributed by atoms with E-state index < -0.39 is 23.3 Å². The van der Waals surface area contributed by atoms with Gasteiger partial charge in [-0.25, -0.2) is 4.39 Å². The van der Waals surface area contributed by atoms with Crippen molar-refractivity contribution in [3.63, 3.8) is 0 Å². The third kappa shape index (κ3) is 5.26. The highest BCUT2D eigenvalue weighted by molar-refractivity contribution is 5.93. The first-order valence-corrected chi connectivity index (χ1v) is 6.13. The molecule has 0 aromatic heterocycles. The predicted molar refractivity (Wildman–Crippen MR) is 70.9 cm³/mol. The number of halogens is 1. The second-order valence-corrected chi connectivity index (χ2v) is 5.19. The number of amides is 1. The number of carbonyl (C=O) groups excluding carboxylic acids is 2. The molecule has 20 heavy (non-hydrogen) atoms. The molecule has 0 saturated heterocycles. The van der Waals surface area contributed by atoms with Crippen LogP contribution in [-0.2, 0) is 9.53 Å². The Kier molecular flexibility index (Phi) is 5.07. The van der Waals surface area contributed by atoms with Crippen molar-refractivity contribution in [2.24, 2.45) is 5.73 Å². The Morgan fingerprint density at radius 1 is 1.30 bits per heavy atom. The maximum absolute atomic E-state index is 13.4. The fourth-order valence-corrected chi connectivity index (χ4v) is 1.43. The number of nitrogens with two attached hydrogens (primary N) is 1. The van der Waals surface area contributed by atoms with E-state index in [1.807, 2.05) is 0 Å². The zero-order chi connectivity index (χ0) is 15.3. The van der Waals surface area contributed by atoms with Gasteiger partial charge in [0.2, 0.25) is 0 Å². The number of primary amides is 1. The van der Waals surface area contributed by atoms with E-state index in [1.54, 1.807) is 20.8 Å². The summed E-state index contributed by atoms with van der Waals surface area (Å²) in [6.07, 6.45) is 0.0520. The number of ether oxygens (including phenoxy) is 2. The Hall–Kier alpha value is -2.11. The Balaban J connectivity index is 2.49. The molecular formula is C14H18FNO4. The van der Waals surface area contributed by atoms with Crippen molar-refractivity contribution in [1.82, 2.24) is 0 Å². The van der Waals surface area contributed by atoms with Gasteiger partial charge in [0.05, 0.1) is 18.6 Å². The lowest BCUT2D eigenvalue weighted by Gasteiger charge is -2.19. The van der Waals surface area contributed by atoms with Crippen LogP contribution in [0.25, 0.3) is 0 Å². The summed E-state index contributed by atoms with van der Waals surface area (Å²) >= 11 is 0. The molecule has 0 aliphatic rings. The molecule has 110 valence electrons. The van der Waals surface area contributed by atoms with Crippen molar-refractivity contribution in [2.75, 3.05) is 6.61 Å². The van der Waals surface area contributed by atoms with Crippen molar-refractivity contribution in [2.45, 2.75) is 32.8 Å². The second-order valence-electron chi connectivity index (χ2n) is 5.19. The molecule has 0 bridgehead atoms. The average Bonchev–Trinajstić information content (AvgIpc) is 2.25. The van der Waals surface area contributed by atoms with E-state index in [1.165, 1.54) is 12.1 Å². The van der Waals surface area contributed by atoms with Crippen LogP contribution in [0.15, 0.2) is 18.2 Å². The number of rotatable bonds is 5. The van der Waals surface area contributed by atoms with Crippen molar-refractivity contribution < 1.29 is 23.5 Å². The number of hydrogen-bond acceptors (Lipinski definition) is 4. The number of esters is 1. The van der Waals surface area contributed by atoms with E-state index in [9.17, 15) is 14.0 Å². The fraction of sp³-hybridized carbons (Fsp3) is 0.429. The maximum Gasteiger partial charge on any atom is 0.309 e. The summed E-state index contributed by atoms with van der Waals surface area (Å²) < 4.78 is 23.7. The molecule has 0 atom stereocenters. The summed E-state index contributed by atoms with van der Waals surface area (Å²) in [5.41, 5.74) is 4.23. The molecule has 0 unspecified atom stereocenters. The normalized spacial score (nSPS) is 11.0. The first-order valence-electron chi connectivity index (χ1n) is 6.13. The van der Waals surface area contributed by atoms with Crippen molar-refractivity contribution in [3.8, 4) is 5.75 Å². The van der Waals surface area contributed by atoms with Gasteiger partial charge >= 0.3 is 5.97 Å². The first-order chi connectivity index (χ1) is 9.19. The smallest absolute Gasteiger partial charge is 0.309 e. The van der Waals surface area contributed by atoms with Crippen LogP contribution >= 0.6 is 0 Å². The van der Waals surface area contributed by atoms with E-state index in [0.29, 0.717) is 0 Å². The molecule has 0 spiro atoms. The van der Waals surface area contributed by atoms with Crippen molar-refractivity contribution in [1.29, 1.82) is 0 Å². The van der Waals surface area contributed by atoms with Crippen molar-refractivity contribution in [3.05, 3.63) is 29.6 Å². The van der Waals surface area contributed by atoms with Crippen LogP contribution in [0.3, 0.4) is 0 Å². The second kappa shape index (κ2) is 6.36. The average molecular weight is 283 g/mol. The van der Waals surface area contributed by atoms with E-state index in [-0.39, 0.29) is 24.3 Å². The van der Waals surface area contributed by atoms with Gasteiger partial charge in [0.15, 0.2) is 0 Å². The number of carbonyl (C=O) groups is 2. The van der Waals surface area contributed by atoms with Crippen LogP contribution in [0.5, 0.6) is 5.75 Å². The summed E-state index contributed by atoms with van der Waals surface area (Å²) in [5.74, 6) is -1.78. The molecule has 0 heterocycles. The van der Waals surface area contributed by atoms with Crippen LogP contribution < -0.4 is 10.5 Å². The van der Waals surface area contributed by atoms with Crippen LogP contribution in [-0.4, -0.2) is 24.1 Å². The topological polar surface area (TPSA) is 78.6 Å². The highest BCUT2D eigenvalue weighted by Crippen LogP contribution is 2.17. The lowest BCUT2D eigenvalue weighted by molar-refractivity contribution is -0.155. The Bertz CT molecular complexity index is 508. The quantitative estimate of drug-likeness (QED) is 0.839. The minimum atomic E-state index is -0.845. The van der Waals surface area contributed by atoms with Gasteiger partial charge < -0.3 is 15.2 Å². The molecule has 0 radical (unpaired) electrons. The van der Waals surface area contributed by atoms with E-state index in [2.05, 4.69) is 0 Å². The number of benzene rings is 1. The Labute approximate surface area is 116 Å². The van der Waals surface area contributed by atoms with E-state index in [4.69, 9.17) is 15.2 Å². The predicted octanol–water partition coefficient (Wildman–Crippen LogP) is 2.04. The Morgan fingerprint density at radius 3 is 2.45 bits per heavy atom. The fourth-order valence-electron chi connectivity index (χ4n) is 1.43. The van der Waals surface area contributed by atoms with Gasteiger partial charge in [-0.05, 0) is 32.9 Å². The largest absolute Gasteiger partial charge is 0.493 e. The molecule has 1 rings (SSSR count). The summed E-state index contributed by atoms with van der Waals surface area (Å²) in [6, 6.07) is 3.70. The van der Waals surface area contributed by atoms with Crippen LogP contribution in [0.4, 0.5) is 4.39 Å². The highest BCUT2D eigenvalue weighted by Gasteiger charge is 2.16. The first kappa shape index (κ1) is 15.9. The van der Waals surface area contributed by atoms with Gasteiger partial charge in [0.1, 0.15) is 17.2 Å². The maximum atomic E-state index is 13.4. The minimum Gasteiger partial charge on any atom is -0.493 e. The molecule has 0 aliphatic carbocycles. The van der Waals surface area contributed by atoms with Crippen LogP contribution in [0, 0.1) is 5.82 Å². The molecule has 0 fully saturated rings. The molecule has 0 saturated carbocycles. The lowest BCUT2D eigenvalue weighted by Crippen LogP contribution is -2.24. The molecule has 2 N–H and O–H groups in total. The Morgan fingerprint density at radius 2 is 1.95 bits per heavy atom. The molecule has 6 heteroatoms. The molecule has 1 aromatic rings. The van der Waals surface area contributed by atoms with E-state index in [0.717, 1.165) is 6.07 Å². The van der Waals surface area contributed by atoms with Crippen molar-refractivity contribution >= 4 is 11.9 Å². The van der Waals surface area contributed by atoms with Crippen LogP contribution in [0.2, 0.25) is 0 Å². The monoisotopic (exact) mass is 283 g/mol. The summed E-state index contributed by atoms with van der Waals surface area (Å²) in [5, 5.41) is 0. The standard InChI is InChI=1S/C14H18FNO4/c1-14(2,3)20-12(17)6-7-19-9-4-5-10(13(16)18)11(15)8-9/h4-5,8H,6-7H2,1-3H3,(H2,16,18). The van der Waals surface area contributed by atoms with Gasteiger partial charge in [-0.15, -0.1) is 0 Å². The van der Waals surface area contributed by atoms with Gasteiger partial charge in [0, 0.05) is 6.07 Å².